The van der Waals surface area contributed by atoms with Crippen molar-refractivity contribution in [2.45, 2.75) is 12.6 Å². The van der Waals surface area contributed by atoms with E-state index in [1.807, 2.05) is 0 Å². The number of nitrogens with one attached hydrogen (secondary N) is 1. The summed E-state index contributed by atoms with van der Waals surface area (Å²) in [5, 5.41) is 12.8. The van der Waals surface area contributed by atoms with E-state index in [1.54, 1.807) is 54.6 Å². The highest BCUT2D eigenvalue weighted by molar-refractivity contribution is 7.22. The molecule has 1 aromatic heterocycles. The number of alkyl halides is 3. The first-order valence-corrected chi connectivity index (χ1v) is 11.3. The minimum absolute atomic E-state index is 0.120. The van der Waals surface area contributed by atoms with Crippen LogP contribution in [0.2, 0.25) is 0 Å². The molecule has 4 rings (SSSR count). The van der Waals surface area contributed by atoms with Crippen molar-refractivity contribution in [3.05, 3.63) is 84.2 Å². The van der Waals surface area contributed by atoms with Crippen LogP contribution in [0.4, 0.5) is 17.6 Å². The Hall–Kier alpha value is -3.85. The molecule has 4 nitrogen and oxygen atoms in total. The second-order valence-electron chi connectivity index (χ2n) is 7.61. The molecule has 4 aromatic rings. The van der Waals surface area contributed by atoms with Gasteiger partial charge in [-0.2, -0.15) is 13.2 Å². The predicted molar refractivity (Wildman–Crippen MR) is 128 cm³/mol. The molecule has 1 amide bonds. The maximum absolute atomic E-state index is 13.4. The third-order valence-electron chi connectivity index (χ3n) is 4.97. The van der Waals surface area contributed by atoms with Crippen LogP contribution in [0, 0.1) is 5.82 Å². The Morgan fingerprint density at radius 1 is 1.03 bits per heavy atom. The van der Waals surface area contributed by atoms with Gasteiger partial charge in [0.15, 0.2) is 5.75 Å². The Morgan fingerprint density at radius 2 is 1.74 bits per heavy atom. The van der Waals surface area contributed by atoms with Gasteiger partial charge >= 0.3 is 6.18 Å². The van der Waals surface area contributed by atoms with Crippen LogP contribution < -0.4 is 10.1 Å². The fourth-order valence-electron chi connectivity index (χ4n) is 3.28. The van der Waals surface area contributed by atoms with Crippen LogP contribution in [-0.2, 0) is 4.79 Å². The van der Waals surface area contributed by atoms with Crippen LogP contribution in [-0.4, -0.2) is 23.7 Å². The van der Waals surface area contributed by atoms with Gasteiger partial charge in [-0.25, -0.2) is 4.39 Å². The monoisotopic (exact) mass is 501 g/mol. The molecule has 2 N–H and O–H groups in total. The number of amides is 1. The number of hydrogen-bond donors (Lipinski definition) is 2. The van der Waals surface area contributed by atoms with Gasteiger partial charge in [-0.1, -0.05) is 24.3 Å². The average molecular weight is 502 g/mol. The van der Waals surface area contributed by atoms with E-state index in [-0.39, 0.29) is 11.6 Å². The van der Waals surface area contributed by atoms with E-state index in [2.05, 4.69) is 5.32 Å². The van der Waals surface area contributed by atoms with Gasteiger partial charge in [-0.05, 0) is 59.7 Å². The standard InChI is InChI=1S/C26H19F4NO3S/c27-18-6-4-17(5-7-18)25-24(21-11-8-19(32)15-22(21)35-25)34-20-9-1-16(2-10-20)3-12-23(33)31-14-13-26(28,29)30/h1-12,15,32H,13-14H2,(H,31,33). The van der Waals surface area contributed by atoms with E-state index in [9.17, 15) is 27.5 Å². The van der Waals surface area contributed by atoms with Crippen molar-refractivity contribution < 1.29 is 32.2 Å². The Bertz CT molecular complexity index is 1360. The molecule has 0 aliphatic carbocycles. The first-order valence-electron chi connectivity index (χ1n) is 10.5. The van der Waals surface area contributed by atoms with E-state index < -0.39 is 25.0 Å². The lowest BCUT2D eigenvalue weighted by atomic mass is 10.1. The molecule has 1 heterocycles. The SMILES string of the molecule is O=C(C=Cc1ccc(Oc2c(-c3ccc(F)cc3)sc3cc(O)ccc23)cc1)NCCC(F)(F)F. The van der Waals surface area contributed by atoms with Crippen molar-refractivity contribution in [1.29, 1.82) is 0 Å². The number of ether oxygens (including phenoxy) is 1. The Kier molecular flexibility index (Phi) is 7.07. The fourth-order valence-corrected chi connectivity index (χ4v) is 4.45. The smallest absolute Gasteiger partial charge is 0.390 e. The second kappa shape index (κ2) is 10.2. The van der Waals surface area contributed by atoms with Crippen LogP contribution in [0.1, 0.15) is 12.0 Å². The lowest BCUT2D eigenvalue weighted by Crippen LogP contribution is -2.26. The van der Waals surface area contributed by atoms with Crippen molar-refractivity contribution in [3.8, 4) is 27.7 Å². The van der Waals surface area contributed by atoms with Crippen molar-refractivity contribution >= 4 is 33.4 Å². The first kappa shape index (κ1) is 24.3. The molecule has 9 heteroatoms. The number of phenolic OH excluding ortho intramolecular Hbond substituents is 1. The molecular formula is C26H19F4NO3S. The van der Waals surface area contributed by atoms with Crippen LogP contribution in [0.25, 0.3) is 26.6 Å². The van der Waals surface area contributed by atoms with E-state index in [1.165, 1.54) is 29.5 Å². The molecule has 3 aromatic carbocycles. The normalized spacial score (nSPS) is 11.8. The number of thiophene rings is 1. The van der Waals surface area contributed by atoms with Crippen LogP contribution in [0.5, 0.6) is 17.2 Å². The topological polar surface area (TPSA) is 58.6 Å². The first-order chi connectivity index (χ1) is 16.7. The zero-order valence-corrected chi connectivity index (χ0v) is 18.9. The summed E-state index contributed by atoms with van der Waals surface area (Å²) in [6, 6.07) is 17.8. The van der Waals surface area contributed by atoms with Crippen LogP contribution >= 0.6 is 11.3 Å². The average Bonchev–Trinajstić information content (AvgIpc) is 3.15. The van der Waals surface area contributed by atoms with E-state index >= 15 is 0 Å². The largest absolute Gasteiger partial charge is 0.508 e. The number of carbonyl (C=O) groups is 1. The van der Waals surface area contributed by atoms with Crippen molar-refractivity contribution in [3.63, 3.8) is 0 Å². The highest BCUT2D eigenvalue weighted by atomic mass is 32.1. The molecule has 0 aliphatic rings. The molecule has 180 valence electrons. The quantitative estimate of drug-likeness (QED) is 0.207. The number of rotatable bonds is 7. The third kappa shape index (κ3) is 6.39. The van der Waals surface area contributed by atoms with Gasteiger partial charge in [0, 0.05) is 22.7 Å². The van der Waals surface area contributed by atoms with Gasteiger partial charge in [0.1, 0.15) is 17.3 Å². The molecule has 0 radical (unpaired) electrons. The minimum atomic E-state index is -4.32. The number of hydrogen-bond acceptors (Lipinski definition) is 4. The molecule has 0 fully saturated rings. The van der Waals surface area contributed by atoms with E-state index in [4.69, 9.17) is 4.74 Å². The molecule has 0 saturated carbocycles. The summed E-state index contributed by atoms with van der Waals surface area (Å²) < 4.78 is 56.9. The molecule has 35 heavy (non-hydrogen) atoms. The number of carbonyl (C=O) groups excluding carboxylic acids is 1. The van der Waals surface area contributed by atoms with Gasteiger partial charge in [0.05, 0.1) is 11.3 Å². The number of halogens is 4. The summed E-state index contributed by atoms with van der Waals surface area (Å²) >= 11 is 1.41. The number of benzene rings is 3. The third-order valence-corrected chi connectivity index (χ3v) is 6.15. The van der Waals surface area contributed by atoms with E-state index in [0.29, 0.717) is 17.1 Å². The maximum atomic E-state index is 13.4. The zero-order valence-electron chi connectivity index (χ0n) is 18.1. The van der Waals surface area contributed by atoms with Crippen molar-refractivity contribution in [2.75, 3.05) is 6.54 Å². The van der Waals surface area contributed by atoms with Crippen LogP contribution in [0.3, 0.4) is 0 Å². The Labute approximate surface area is 202 Å². The lowest BCUT2D eigenvalue weighted by Gasteiger charge is -2.09. The van der Waals surface area contributed by atoms with Gasteiger partial charge in [-0.15, -0.1) is 11.3 Å². The molecule has 0 spiro atoms. The van der Waals surface area contributed by atoms with Crippen molar-refractivity contribution in [2.24, 2.45) is 0 Å². The van der Waals surface area contributed by atoms with Gasteiger partial charge in [0.2, 0.25) is 5.91 Å². The fraction of sp³-hybridized carbons (Fsp3) is 0.115. The Balaban J connectivity index is 1.52. The van der Waals surface area contributed by atoms with E-state index in [0.717, 1.165) is 26.6 Å². The molecule has 0 bridgehead atoms. The Morgan fingerprint density at radius 3 is 2.43 bits per heavy atom. The zero-order chi connectivity index (χ0) is 25.0. The molecule has 0 saturated heterocycles. The molecule has 0 atom stereocenters. The number of phenols is 1. The number of fused-ring (bicyclic) bond motifs is 1. The summed E-state index contributed by atoms with van der Waals surface area (Å²) in [7, 11) is 0. The molecule has 0 aliphatic heterocycles. The predicted octanol–water partition coefficient (Wildman–Crippen LogP) is 7.29. The maximum Gasteiger partial charge on any atom is 0.390 e. The highest BCUT2D eigenvalue weighted by Crippen LogP contribution is 2.47. The molecular weight excluding hydrogens is 482 g/mol. The van der Waals surface area contributed by atoms with Crippen LogP contribution in [0.15, 0.2) is 72.8 Å². The summed E-state index contributed by atoms with van der Waals surface area (Å²) in [6.45, 7) is -0.484. The van der Waals surface area contributed by atoms with Crippen molar-refractivity contribution in [1.82, 2.24) is 5.32 Å². The lowest BCUT2D eigenvalue weighted by molar-refractivity contribution is -0.134. The highest BCUT2D eigenvalue weighted by Gasteiger charge is 2.26. The second-order valence-corrected chi connectivity index (χ2v) is 8.66. The number of aromatic hydroxyl groups is 1. The van der Waals surface area contributed by atoms with Gasteiger partial charge < -0.3 is 15.2 Å². The summed E-state index contributed by atoms with van der Waals surface area (Å²) in [4.78, 5) is 12.5. The molecule has 0 unspecified atom stereocenters. The summed E-state index contributed by atoms with van der Waals surface area (Å²) in [6.07, 6.45) is -2.76. The summed E-state index contributed by atoms with van der Waals surface area (Å²) in [5.41, 5.74) is 1.42. The van der Waals surface area contributed by atoms with Gasteiger partial charge in [0.25, 0.3) is 0 Å². The summed E-state index contributed by atoms with van der Waals surface area (Å²) in [5.74, 6) is 0.213. The van der Waals surface area contributed by atoms with Gasteiger partial charge in [-0.3, -0.25) is 4.79 Å². The minimum Gasteiger partial charge on any atom is -0.508 e.